The van der Waals surface area contributed by atoms with Gasteiger partial charge in [-0.15, -0.1) is 0 Å². The van der Waals surface area contributed by atoms with E-state index in [-0.39, 0.29) is 17.7 Å². The first-order valence-electron chi connectivity index (χ1n) is 9.94. The fraction of sp³-hybridized carbons (Fsp3) is 0.619. The van der Waals surface area contributed by atoms with Crippen LogP contribution in [0.25, 0.3) is 0 Å². The molecule has 2 fully saturated rings. The second-order valence-corrected chi connectivity index (χ2v) is 7.34. The van der Waals surface area contributed by atoms with Crippen LogP contribution in [0, 0.1) is 5.92 Å². The molecule has 6 heteroatoms. The summed E-state index contributed by atoms with van der Waals surface area (Å²) in [5, 5.41) is 0. The summed E-state index contributed by atoms with van der Waals surface area (Å²) in [6.07, 6.45) is 6.10. The van der Waals surface area contributed by atoms with Crippen molar-refractivity contribution in [3.05, 3.63) is 23.8 Å². The Bertz CT molecular complexity index is 638. The van der Waals surface area contributed by atoms with E-state index in [1.165, 1.54) is 12.8 Å². The molecule has 0 N–H and O–H groups in total. The first-order valence-corrected chi connectivity index (χ1v) is 9.94. The minimum atomic E-state index is -0.0926. The first kappa shape index (κ1) is 19.5. The van der Waals surface area contributed by atoms with E-state index in [4.69, 9.17) is 9.47 Å². The highest BCUT2D eigenvalue weighted by atomic mass is 16.5. The van der Waals surface area contributed by atoms with Crippen LogP contribution >= 0.6 is 0 Å². The summed E-state index contributed by atoms with van der Waals surface area (Å²) in [6, 6.07) is 5.34. The maximum absolute atomic E-state index is 13.1. The van der Waals surface area contributed by atoms with Crippen molar-refractivity contribution in [1.29, 1.82) is 0 Å². The van der Waals surface area contributed by atoms with Crippen LogP contribution in [-0.2, 0) is 4.79 Å². The molecule has 2 aliphatic heterocycles. The molecule has 2 amide bonds. The highest BCUT2D eigenvalue weighted by molar-refractivity contribution is 6.00. The fourth-order valence-corrected chi connectivity index (χ4v) is 4.10. The minimum absolute atomic E-state index is 0.0340. The Kier molecular flexibility index (Phi) is 6.58. The molecule has 2 aliphatic rings. The van der Waals surface area contributed by atoms with Crippen LogP contribution in [0.5, 0.6) is 11.5 Å². The summed E-state index contributed by atoms with van der Waals surface area (Å²) in [4.78, 5) is 29.7. The van der Waals surface area contributed by atoms with Crippen LogP contribution in [0.4, 0.5) is 0 Å². The topological polar surface area (TPSA) is 59.1 Å². The molecule has 1 aromatic carbocycles. The van der Waals surface area contributed by atoms with Crippen molar-refractivity contribution in [2.24, 2.45) is 5.92 Å². The van der Waals surface area contributed by atoms with E-state index in [0.717, 1.165) is 38.8 Å². The molecule has 27 heavy (non-hydrogen) atoms. The molecule has 148 valence electrons. The first-order chi connectivity index (χ1) is 13.2. The molecule has 2 saturated heterocycles. The van der Waals surface area contributed by atoms with Crippen LogP contribution in [0.3, 0.4) is 0 Å². The number of carbonyl (C=O) groups is 2. The summed E-state index contributed by atoms with van der Waals surface area (Å²) >= 11 is 0. The number of carbonyl (C=O) groups excluding carboxylic acids is 2. The Morgan fingerprint density at radius 2 is 1.41 bits per heavy atom. The smallest absolute Gasteiger partial charge is 0.261 e. The zero-order valence-electron chi connectivity index (χ0n) is 16.4. The highest BCUT2D eigenvalue weighted by Gasteiger charge is 2.32. The van der Waals surface area contributed by atoms with Gasteiger partial charge in [0.05, 0.1) is 14.2 Å². The van der Waals surface area contributed by atoms with Gasteiger partial charge < -0.3 is 19.3 Å². The number of benzene rings is 1. The van der Waals surface area contributed by atoms with Gasteiger partial charge in [0.25, 0.3) is 5.91 Å². The quantitative estimate of drug-likeness (QED) is 0.813. The molecule has 0 radical (unpaired) electrons. The third kappa shape index (κ3) is 4.37. The lowest BCUT2D eigenvalue weighted by atomic mass is 9.94. The molecule has 0 atom stereocenters. The second kappa shape index (κ2) is 9.11. The standard InChI is InChI=1S/C21H30N2O4/c1-26-17-8-7-9-18(27-2)19(17)21(25)23-14-10-16(11-15-23)20(24)22-12-5-3-4-6-13-22/h7-9,16H,3-6,10-15H2,1-2H3. The van der Waals surface area contributed by atoms with Crippen molar-refractivity contribution in [2.45, 2.75) is 38.5 Å². The monoisotopic (exact) mass is 374 g/mol. The number of likely N-dealkylation sites (tertiary alicyclic amines) is 2. The van der Waals surface area contributed by atoms with Gasteiger partial charge in [0.1, 0.15) is 17.1 Å². The van der Waals surface area contributed by atoms with Crippen LogP contribution in [0.15, 0.2) is 18.2 Å². The normalized spacial score (nSPS) is 18.7. The number of ether oxygens (including phenoxy) is 2. The van der Waals surface area contributed by atoms with Gasteiger partial charge in [-0.2, -0.15) is 0 Å². The van der Waals surface area contributed by atoms with E-state index in [0.29, 0.717) is 30.2 Å². The molecule has 1 aromatic rings. The maximum atomic E-state index is 13.1. The van der Waals surface area contributed by atoms with Crippen molar-refractivity contribution in [1.82, 2.24) is 9.80 Å². The maximum Gasteiger partial charge on any atom is 0.261 e. The zero-order valence-corrected chi connectivity index (χ0v) is 16.4. The summed E-state index contributed by atoms with van der Waals surface area (Å²) < 4.78 is 10.7. The van der Waals surface area contributed by atoms with E-state index < -0.39 is 0 Å². The molecule has 0 spiro atoms. The third-order valence-electron chi connectivity index (χ3n) is 5.69. The number of piperidine rings is 1. The van der Waals surface area contributed by atoms with Gasteiger partial charge in [0.2, 0.25) is 5.91 Å². The lowest BCUT2D eigenvalue weighted by Crippen LogP contribution is -2.44. The van der Waals surface area contributed by atoms with E-state index in [9.17, 15) is 9.59 Å². The molecule has 0 bridgehead atoms. The number of hydrogen-bond donors (Lipinski definition) is 0. The van der Waals surface area contributed by atoms with E-state index in [1.807, 2.05) is 9.80 Å². The lowest BCUT2D eigenvalue weighted by molar-refractivity contribution is -0.136. The van der Waals surface area contributed by atoms with E-state index in [1.54, 1.807) is 32.4 Å². The molecule has 0 aromatic heterocycles. The Balaban J connectivity index is 1.64. The van der Waals surface area contributed by atoms with Gasteiger partial charge in [0, 0.05) is 32.1 Å². The largest absolute Gasteiger partial charge is 0.496 e. The molecule has 0 unspecified atom stereocenters. The molecule has 6 nitrogen and oxygen atoms in total. The number of methoxy groups -OCH3 is 2. The van der Waals surface area contributed by atoms with Crippen molar-refractivity contribution in [2.75, 3.05) is 40.4 Å². The number of nitrogens with zero attached hydrogens (tertiary/aromatic N) is 2. The Morgan fingerprint density at radius 3 is 1.93 bits per heavy atom. The van der Waals surface area contributed by atoms with Crippen LogP contribution in [0.1, 0.15) is 48.9 Å². The Hall–Kier alpha value is -2.24. The van der Waals surface area contributed by atoms with Crippen LogP contribution in [0.2, 0.25) is 0 Å². The van der Waals surface area contributed by atoms with Gasteiger partial charge in [0.15, 0.2) is 0 Å². The van der Waals surface area contributed by atoms with Crippen molar-refractivity contribution >= 4 is 11.8 Å². The minimum Gasteiger partial charge on any atom is -0.496 e. The fourth-order valence-electron chi connectivity index (χ4n) is 4.10. The zero-order chi connectivity index (χ0) is 19.2. The Morgan fingerprint density at radius 1 is 0.852 bits per heavy atom. The van der Waals surface area contributed by atoms with Crippen molar-refractivity contribution < 1.29 is 19.1 Å². The summed E-state index contributed by atoms with van der Waals surface area (Å²) in [7, 11) is 3.11. The average molecular weight is 374 g/mol. The Labute approximate surface area is 161 Å². The number of hydrogen-bond acceptors (Lipinski definition) is 4. The van der Waals surface area contributed by atoms with Crippen molar-refractivity contribution in [3.8, 4) is 11.5 Å². The van der Waals surface area contributed by atoms with Crippen molar-refractivity contribution in [3.63, 3.8) is 0 Å². The summed E-state index contributed by atoms with van der Waals surface area (Å²) in [5.74, 6) is 1.25. The molecule has 0 saturated carbocycles. The van der Waals surface area contributed by atoms with E-state index >= 15 is 0 Å². The lowest BCUT2D eigenvalue weighted by Gasteiger charge is -2.34. The van der Waals surface area contributed by atoms with Gasteiger partial charge in [-0.3, -0.25) is 9.59 Å². The number of amides is 2. The highest BCUT2D eigenvalue weighted by Crippen LogP contribution is 2.31. The molecular weight excluding hydrogens is 344 g/mol. The van der Waals surface area contributed by atoms with Gasteiger partial charge in [-0.05, 0) is 37.8 Å². The molecular formula is C21H30N2O4. The summed E-state index contributed by atoms with van der Waals surface area (Å²) in [6.45, 7) is 2.95. The molecule has 2 heterocycles. The average Bonchev–Trinajstić information content (AvgIpc) is 3.01. The van der Waals surface area contributed by atoms with E-state index in [2.05, 4.69) is 0 Å². The molecule has 3 rings (SSSR count). The summed E-state index contributed by atoms with van der Waals surface area (Å²) in [5.41, 5.74) is 0.458. The van der Waals surface area contributed by atoms with Crippen LogP contribution in [-0.4, -0.2) is 62.0 Å². The van der Waals surface area contributed by atoms with Gasteiger partial charge >= 0.3 is 0 Å². The number of rotatable bonds is 4. The predicted molar refractivity (Wildman–Crippen MR) is 103 cm³/mol. The predicted octanol–water partition coefficient (Wildman–Crippen LogP) is 2.96. The third-order valence-corrected chi connectivity index (χ3v) is 5.69. The van der Waals surface area contributed by atoms with Crippen LogP contribution < -0.4 is 9.47 Å². The molecule has 0 aliphatic carbocycles. The van der Waals surface area contributed by atoms with Gasteiger partial charge in [-0.25, -0.2) is 0 Å². The second-order valence-electron chi connectivity index (χ2n) is 7.34. The van der Waals surface area contributed by atoms with Gasteiger partial charge in [-0.1, -0.05) is 18.9 Å². The SMILES string of the molecule is COc1cccc(OC)c1C(=O)N1CCC(C(=O)N2CCCCCC2)CC1.